The number of fused-ring (bicyclic) bond motifs is 1. The van der Waals surface area contributed by atoms with E-state index < -0.39 is 0 Å². The van der Waals surface area contributed by atoms with E-state index in [0.717, 1.165) is 12.8 Å². The lowest BCUT2D eigenvalue weighted by atomic mass is 10.2. The van der Waals surface area contributed by atoms with E-state index >= 15 is 0 Å². The minimum absolute atomic E-state index is 0.111. The van der Waals surface area contributed by atoms with E-state index in [0.29, 0.717) is 22.9 Å². The van der Waals surface area contributed by atoms with Gasteiger partial charge in [0.2, 0.25) is 0 Å². The van der Waals surface area contributed by atoms with Gasteiger partial charge in [-0.2, -0.15) is 5.10 Å². The van der Waals surface area contributed by atoms with Crippen LogP contribution in [0.4, 0.5) is 0 Å². The van der Waals surface area contributed by atoms with Crippen LogP contribution in [0, 0.1) is 6.92 Å². The summed E-state index contributed by atoms with van der Waals surface area (Å²) in [5.41, 5.74) is 0.578. The van der Waals surface area contributed by atoms with Crippen LogP contribution < -0.4 is 5.56 Å². The first-order valence-electron chi connectivity index (χ1n) is 5.61. The Morgan fingerprint density at radius 1 is 1.44 bits per heavy atom. The number of aromatic nitrogens is 4. The zero-order valence-corrected chi connectivity index (χ0v) is 9.82. The second-order valence-corrected chi connectivity index (χ2v) is 3.95. The number of rotatable bonds is 3. The highest BCUT2D eigenvalue weighted by atomic mass is 16.1. The molecule has 5 heteroatoms. The molecule has 2 rings (SSSR count). The van der Waals surface area contributed by atoms with Crippen molar-refractivity contribution in [2.24, 2.45) is 0 Å². The highest BCUT2D eigenvalue weighted by Gasteiger charge is 2.14. The molecule has 0 spiro atoms. The Balaban J connectivity index is 2.68. The number of nitrogens with one attached hydrogen (secondary N) is 1. The van der Waals surface area contributed by atoms with Crippen molar-refractivity contribution < 1.29 is 0 Å². The number of aryl methyl sites for hydroxylation is 1. The van der Waals surface area contributed by atoms with Crippen molar-refractivity contribution >= 4 is 11.0 Å². The third-order valence-electron chi connectivity index (χ3n) is 2.87. The average Bonchev–Trinajstić information content (AvgIpc) is 2.64. The molecule has 0 atom stereocenters. The molecule has 0 fully saturated rings. The number of nitrogens with zero attached hydrogens (tertiary/aromatic N) is 3. The molecule has 86 valence electrons. The second-order valence-electron chi connectivity index (χ2n) is 3.95. The van der Waals surface area contributed by atoms with Gasteiger partial charge in [-0.25, -0.2) is 9.67 Å². The fraction of sp³-hybridized carbons (Fsp3) is 0.545. The van der Waals surface area contributed by atoms with Crippen LogP contribution in [0.3, 0.4) is 0 Å². The molecule has 5 nitrogen and oxygen atoms in total. The molecular weight excluding hydrogens is 204 g/mol. The molecule has 0 amide bonds. The lowest BCUT2D eigenvalue weighted by Gasteiger charge is -2.13. The molecule has 0 saturated carbocycles. The first kappa shape index (κ1) is 10.9. The van der Waals surface area contributed by atoms with Crippen LogP contribution in [0.1, 0.15) is 38.6 Å². The third kappa shape index (κ3) is 1.62. The number of hydrogen-bond donors (Lipinski definition) is 1. The van der Waals surface area contributed by atoms with E-state index in [1.807, 2.05) is 4.68 Å². The molecule has 2 aromatic heterocycles. The summed E-state index contributed by atoms with van der Waals surface area (Å²) in [6, 6.07) is 0.311. The monoisotopic (exact) mass is 220 g/mol. The summed E-state index contributed by atoms with van der Waals surface area (Å²) in [6.45, 7) is 6.01. The molecule has 0 aliphatic carbocycles. The maximum atomic E-state index is 11.7. The van der Waals surface area contributed by atoms with Crippen LogP contribution in [0.15, 0.2) is 11.0 Å². The van der Waals surface area contributed by atoms with Crippen molar-refractivity contribution in [2.45, 2.75) is 39.7 Å². The summed E-state index contributed by atoms with van der Waals surface area (Å²) in [6.07, 6.45) is 3.57. The number of aromatic amines is 1. The van der Waals surface area contributed by atoms with Crippen LogP contribution in [-0.2, 0) is 0 Å². The molecule has 0 aliphatic heterocycles. The maximum absolute atomic E-state index is 11.7. The van der Waals surface area contributed by atoms with Crippen LogP contribution in [0.5, 0.6) is 0 Å². The Morgan fingerprint density at radius 2 is 2.12 bits per heavy atom. The van der Waals surface area contributed by atoms with Crippen LogP contribution >= 0.6 is 0 Å². The predicted molar refractivity (Wildman–Crippen MR) is 62.5 cm³/mol. The first-order chi connectivity index (χ1) is 7.67. The molecule has 16 heavy (non-hydrogen) atoms. The molecular formula is C11H16N4O. The van der Waals surface area contributed by atoms with Crippen molar-refractivity contribution in [1.82, 2.24) is 19.7 Å². The normalized spacial score (nSPS) is 11.5. The topological polar surface area (TPSA) is 63.6 Å². The summed E-state index contributed by atoms with van der Waals surface area (Å²) in [5, 5.41) is 4.84. The first-order valence-corrected chi connectivity index (χ1v) is 5.61. The third-order valence-corrected chi connectivity index (χ3v) is 2.87. The van der Waals surface area contributed by atoms with E-state index in [4.69, 9.17) is 0 Å². The summed E-state index contributed by atoms with van der Waals surface area (Å²) in [4.78, 5) is 18.7. The Morgan fingerprint density at radius 3 is 2.75 bits per heavy atom. The Labute approximate surface area is 93.5 Å². The van der Waals surface area contributed by atoms with Gasteiger partial charge in [-0.1, -0.05) is 13.8 Å². The standard InChI is InChI=1S/C11H16N4O/c1-4-8(5-2)15-10-9(6-12-15)11(16)14-7(3)13-10/h6,8H,4-5H2,1-3H3,(H,13,14,16). The molecule has 0 saturated heterocycles. The smallest absolute Gasteiger partial charge is 0.262 e. The molecule has 0 aromatic carbocycles. The summed E-state index contributed by atoms with van der Waals surface area (Å²) in [5.74, 6) is 0.630. The highest BCUT2D eigenvalue weighted by Crippen LogP contribution is 2.18. The van der Waals surface area contributed by atoms with E-state index in [1.54, 1.807) is 13.1 Å². The second kappa shape index (κ2) is 4.08. The molecule has 0 radical (unpaired) electrons. The van der Waals surface area contributed by atoms with E-state index in [2.05, 4.69) is 28.9 Å². The average molecular weight is 220 g/mol. The zero-order valence-electron chi connectivity index (χ0n) is 9.82. The number of H-pyrrole nitrogens is 1. The Kier molecular flexibility index (Phi) is 2.77. The molecule has 0 unspecified atom stereocenters. The van der Waals surface area contributed by atoms with Gasteiger partial charge >= 0.3 is 0 Å². The molecule has 2 aromatic rings. The molecule has 2 heterocycles. The van der Waals surface area contributed by atoms with Crippen LogP contribution in [0.2, 0.25) is 0 Å². The fourth-order valence-electron chi connectivity index (χ4n) is 1.95. The number of hydrogen-bond acceptors (Lipinski definition) is 3. The van der Waals surface area contributed by atoms with Gasteiger partial charge in [0.1, 0.15) is 11.2 Å². The lowest BCUT2D eigenvalue weighted by molar-refractivity contribution is 0.438. The maximum Gasteiger partial charge on any atom is 0.262 e. The predicted octanol–water partition coefficient (Wildman–Crippen LogP) is 1.79. The lowest BCUT2D eigenvalue weighted by Crippen LogP contribution is -2.13. The molecule has 0 bridgehead atoms. The molecule has 1 N–H and O–H groups in total. The fourth-order valence-corrected chi connectivity index (χ4v) is 1.95. The highest BCUT2D eigenvalue weighted by molar-refractivity contribution is 5.73. The van der Waals surface area contributed by atoms with E-state index in [9.17, 15) is 4.79 Å². The van der Waals surface area contributed by atoms with Gasteiger partial charge in [-0.3, -0.25) is 4.79 Å². The van der Waals surface area contributed by atoms with Crippen molar-refractivity contribution in [2.75, 3.05) is 0 Å². The van der Waals surface area contributed by atoms with Gasteiger partial charge < -0.3 is 4.98 Å². The van der Waals surface area contributed by atoms with Crippen LogP contribution in [0.25, 0.3) is 11.0 Å². The van der Waals surface area contributed by atoms with Gasteiger partial charge in [0.25, 0.3) is 5.56 Å². The largest absolute Gasteiger partial charge is 0.310 e. The van der Waals surface area contributed by atoms with E-state index in [1.165, 1.54) is 0 Å². The van der Waals surface area contributed by atoms with E-state index in [-0.39, 0.29) is 5.56 Å². The zero-order chi connectivity index (χ0) is 11.7. The van der Waals surface area contributed by atoms with Gasteiger partial charge in [0.15, 0.2) is 5.65 Å². The quantitative estimate of drug-likeness (QED) is 0.857. The van der Waals surface area contributed by atoms with Crippen molar-refractivity contribution in [1.29, 1.82) is 0 Å². The van der Waals surface area contributed by atoms with Crippen molar-refractivity contribution in [3.8, 4) is 0 Å². The minimum Gasteiger partial charge on any atom is -0.310 e. The van der Waals surface area contributed by atoms with Crippen molar-refractivity contribution in [3.05, 3.63) is 22.4 Å². The summed E-state index contributed by atoms with van der Waals surface area (Å²) >= 11 is 0. The van der Waals surface area contributed by atoms with Gasteiger partial charge in [-0.05, 0) is 19.8 Å². The Hall–Kier alpha value is -1.65. The summed E-state index contributed by atoms with van der Waals surface area (Å²) in [7, 11) is 0. The minimum atomic E-state index is -0.111. The van der Waals surface area contributed by atoms with Gasteiger partial charge in [0.05, 0.1) is 12.2 Å². The SMILES string of the molecule is CCC(CC)n1ncc2c(=O)[nH]c(C)nc21. The van der Waals surface area contributed by atoms with Crippen LogP contribution in [-0.4, -0.2) is 19.7 Å². The van der Waals surface area contributed by atoms with Gasteiger partial charge in [0, 0.05) is 0 Å². The molecule has 0 aliphatic rings. The Bertz CT molecular complexity index is 551. The van der Waals surface area contributed by atoms with Crippen molar-refractivity contribution in [3.63, 3.8) is 0 Å². The van der Waals surface area contributed by atoms with Gasteiger partial charge in [-0.15, -0.1) is 0 Å². The summed E-state index contributed by atoms with van der Waals surface area (Å²) < 4.78 is 1.86.